The Morgan fingerprint density at radius 2 is 1.73 bits per heavy atom. The SMILES string of the molecule is O=C1/C(=C\c2ccc(-c3ccc(Cl)cc3)o2)SC(=S)N1c1ccccc1C(F)(F)F. The molecule has 0 atom stereocenters. The van der Waals surface area contributed by atoms with E-state index in [1.165, 1.54) is 24.3 Å². The van der Waals surface area contributed by atoms with Crippen molar-refractivity contribution in [3.05, 3.63) is 81.9 Å². The zero-order chi connectivity index (χ0) is 21.5. The minimum Gasteiger partial charge on any atom is -0.457 e. The molecule has 2 heterocycles. The number of rotatable bonds is 3. The molecule has 0 spiro atoms. The molecule has 0 bridgehead atoms. The quantitative estimate of drug-likeness (QED) is 0.307. The Labute approximate surface area is 184 Å². The van der Waals surface area contributed by atoms with Gasteiger partial charge in [0, 0.05) is 16.7 Å². The van der Waals surface area contributed by atoms with Crippen LogP contribution in [0.1, 0.15) is 11.3 Å². The number of carbonyl (C=O) groups is 1. The van der Waals surface area contributed by atoms with Gasteiger partial charge in [-0.25, -0.2) is 0 Å². The number of hydrogen-bond donors (Lipinski definition) is 0. The van der Waals surface area contributed by atoms with E-state index in [1.807, 2.05) is 0 Å². The largest absolute Gasteiger partial charge is 0.457 e. The van der Waals surface area contributed by atoms with Crippen LogP contribution in [0.15, 0.2) is 70.0 Å². The Hall–Kier alpha value is -2.55. The molecule has 0 unspecified atom stereocenters. The third-order valence-corrected chi connectivity index (χ3v) is 5.83. The molecule has 9 heteroatoms. The van der Waals surface area contributed by atoms with Crippen LogP contribution in [-0.2, 0) is 11.0 Å². The van der Waals surface area contributed by atoms with Gasteiger partial charge in [-0.05, 0) is 48.5 Å². The maximum Gasteiger partial charge on any atom is 0.418 e. The smallest absolute Gasteiger partial charge is 0.418 e. The second-order valence-corrected chi connectivity index (χ2v) is 8.35. The number of halogens is 4. The Kier molecular flexibility index (Phi) is 5.48. The number of nitrogens with zero attached hydrogens (tertiary/aromatic N) is 1. The van der Waals surface area contributed by atoms with Crippen LogP contribution in [0.2, 0.25) is 5.02 Å². The van der Waals surface area contributed by atoms with Crippen LogP contribution in [0.5, 0.6) is 0 Å². The standard InChI is InChI=1S/C21H11ClF3NO2S2/c22-13-7-5-12(6-8-13)17-10-9-14(28-17)11-18-19(27)26(20(29)30-18)16-4-2-1-3-15(16)21(23,24)25/h1-11H/b18-11+. The topological polar surface area (TPSA) is 33.5 Å². The van der Waals surface area contributed by atoms with Gasteiger partial charge in [0.15, 0.2) is 4.32 Å². The molecule has 1 aliphatic rings. The van der Waals surface area contributed by atoms with Crippen LogP contribution in [0.25, 0.3) is 17.4 Å². The molecule has 30 heavy (non-hydrogen) atoms. The van der Waals surface area contributed by atoms with E-state index in [0.29, 0.717) is 16.5 Å². The van der Waals surface area contributed by atoms with Crippen molar-refractivity contribution in [2.45, 2.75) is 6.18 Å². The van der Waals surface area contributed by atoms with Crippen molar-refractivity contribution in [2.75, 3.05) is 4.90 Å². The van der Waals surface area contributed by atoms with Gasteiger partial charge in [-0.3, -0.25) is 9.69 Å². The first-order valence-electron chi connectivity index (χ1n) is 8.54. The van der Waals surface area contributed by atoms with E-state index in [2.05, 4.69) is 0 Å². The van der Waals surface area contributed by atoms with Crippen molar-refractivity contribution in [1.29, 1.82) is 0 Å². The highest BCUT2D eigenvalue weighted by atomic mass is 35.5. The number of anilines is 1. The molecule has 1 fully saturated rings. The van der Waals surface area contributed by atoms with E-state index in [1.54, 1.807) is 36.4 Å². The predicted octanol–water partition coefficient (Wildman–Crippen LogP) is 7.02. The summed E-state index contributed by atoms with van der Waals surface area (Å²) in [6, 6.07) is 15.3. The van der Waals surface area contributed by atoms with Gasteiger partial charge in [-0.1, -0.05) is 47.7 Å². The summed E-state index contributed by atoms with van der Waals surface area (Å²) in [6.07, 6.45) is -3.15. The molecule has 1 aliphatic heterocycles. The Balaban J connectivity index is 1.64. The lowest BCUT2D eigenvalue weighted by Gasteiger charge is -2.19. The number of thiocarbonyl (C=S) groups is 1. The van der Waals surface area contributed by atoms with E-state index in [4.69, 9.17) is 28.2 Å². The highest BCUT2D eigenvalue weighted by Crippen LogP contribution is 2.42. The van der Waals surface area contributed by atoms with Crippen LogP contribution in [0.3, 0.4) is 0 Å². The molecule has 1 aromatic heterocycles. The van der Waals surface area contributed by atoms with E-state index in [9.17, 15) is 18.0 Å². The summed E-state index contributed by atoms with van der Waals surface area (Å²) in [4.78, 5) is 13.9. The summed E-state index contributed by atoms with van der Waals surface area (Å²) in [5, 5.41) is 0.591. The van der Waals surface area contributed by atoms with Crippen molar-refractivity contribution < 1.29 is 22.4 Å². The molecule has 3 aromatic rings. The Bertz CT molecular complexity index is 1170. The van der Waals surface area contributed by atoms with Crippen LogP contribution in [0.4, 0.5) is 18.9 Å². The number of benzene rings is 2. The fourth-order valence-electron chi connectivity index (χ4n) is 2.91. The van der Waals surface area contributed by atoms with E-state index >= 15 is 0 Å². The average molecular weight is 466 g/mol. The van der Waals surface area contributed by atoms with Crippen molar-refractivity contribution in [1.82, 2.24) is 0 Å². The van der Waals surface area contributed by atoms with E-state index < -0.39 is 17.6 Å². The first kappa shape index (κ1) is 20.7. The number of furan rings is 1. The van der Waals surface area contributed by atoms with Gasteiger partial charge in [-0.2, -0.15) is 13.2 Å². The molecule has 152 valence electrons. The molecule has 1 amide bonds. The number of thioether (sulfide) groups is 1. The van der Waals surface area contributed by atoms with E-state index in [0.717, 1.165) is 28.3 Å². The third-order valence-electron chi connectivity index (χ3n) is 4.27. The minimum absolute atomic E-state index is 0.0208. The van der Waals surface area contributed by atoms with Gasteiger partial charge < -0.3 is 4.42 Å². The zero-order valence-corrected chi connectivity index (χ0v) is 17.3. The van der Waals surface area contributed by atoms with Gasteiger partial charge >= 0.3 is 6.18 Å². The van der Waals surface area contributed by atoms with Crippen LogP contribution in [0, 0.1) is 0 Å². The molecular formula is C21H11ClF3NO2S2. The third kappa shape index (κ3) is 4.03. The van der Waals surface area contributed by atoms with Crippen LogP contribution >= 0.6 is 35.6 Å². The van der Waals surface area contributed by atoms with Crippen molar-refractivity contribution in [2.24, 2.45) is 0 Å². The molecule has 0 saturated carbocycles. The molecule has 4 rings (SSSR count). The summed E-state index contributed by atoms with van der Waals surface area (Å²) < 4.78 is 45.9. The number of para-hydroxylation sites is 1. The minimum atomic E-state index is -4.61. The molecule has 0 radical (unpaired) electrons. The number of amides is 1. The lowest BCUT2D eigenvalue weighted by Crippen LogP contribution is -2.29. The van der Waals surface area contributed by atoms with Crippen LogP contribution < -0.4 is 4.90 Å². The monoisotopic (exact) mass is 465 g/mol. The Morgan fingerprint density at radius 3 is 2.43 bits per heavy atom. The maximum absolute atomic E-state index is 13.4. The number of hydrogen-bond acceptors (Lipinski definition) is 4. The number of alkyl halides is 3. The van der Waals surface area contributed by atoms with Gasteiger partial charge in [0.1, 0.15) is 11.5 Å². The number of carbonyl (C=O) groups excluding carboxylic acids is 1. The average Bonchev–Trinajstić information content (AvgIpc) is 3.26. The van der Waals surface area contributed by atoms with Crippen molar-refractivity contribution in [3.63, 3.8) is 0 Å². The summed E-state index contributed by atoms with van der Waals surface area (Å²) in [5.41, 5.74) is -0.423. The molecule has 2 aromatic carbocycles. The van der Waals surface area contributed by atoms with Gasteiger partial charge in [-0.15, -0.1) is 0 Å². The first-order valence-corrected chi connectivity index (χ1v) is 10.1. The molecule has 0 N–H and O–H groups in total. The normalized spacial score (nSPS) is 16.0. The molecule has 1 saturated heterocycles. The molecule has 0 aliphatic carbocycles. The zero-order valence-electron chi connectivity index (χ0n) is 14.9. The fourth-order valence-corrected chi connectivity index (χ4v) is 4.30. The lowest BCUT2D eigenvalue weighted by atomic mass is 10.1. The summed E-state index contributed by atoms with van der Waals surface area (Å²) in [6.45, 7) is 0. The fraction of sp³-hybridized carbons (Fsp3) is 0.0476. The molecule has 3 nitrogen and oxygen atoms in total. The van der Waals surface area contributed by atoms with E-state index in [-0.39, 0.29) is 14.9 Å². The van der Waals surface area contributed by atoms with Crippen LogP contribution in [-0.4, -0.2) is 10.2 Å². The summed E-state index contributed by atoms with van der Waals surface area (Å²) in [5.74, 6) is 0.312. The second-order valence-electron chi connectivity index (χ2n) is 6.24. The maximum atomic E-state index is 13.4. The predicted molar refractivity (Wildman–Crippen MR) is 116 cm³/mol. The molecular weight excluding hydrogens is 455 g/mol. The summed E-state index contributed by atoms with van der Waals surface area (Å²) >= 11 is 12.0. The Morgan fingerprint density at radius 1 is 1.03 bits per heavy atom. The second kappa shape index (κ2) is 7.94. The van der Waals surface area contributed by atoms with Gasteiger partial charge in [0.25, 0.3) is 5.91 Å². The highest BCUT2D eigenvalue weighted by Gasteiger charge is 2.40. The van der Waals surface area contributed by atoms with Crippen molar-refractivity contribution >= 4 is 57.6 Å². The van der Waals surface area contributed by atoms with Gasteiger partial charge in [0.2, 0.25) is 0 Å². The van der Waals surface area contributed by atoms with Crippen molar-refractivity contribution in [3.8, 4) is 11.3 Å². The van der Waals surface area contributed by atoms with Gasteiger partial charge in [0.05, 0.1) is 16.2 Å². The summed E-state index contributed by atoms with van der Waals surface area (Å²) in [7, 11) is 0. The first-order chi connectivity index (χ1) is 14.2. The highest BCUT2D eigenvalue weighted by molar-refractivity contribution is 8.27. The lowest BCUT2D eigenvalue weighted by molar-refractivity contribution is -0.137.